The number of amides is 2. The number of fused-ring (bicyclic) bond motifs is 1. The Kier molecular flexibility index (Phi) is 5.71. The lowest BCUT2D eigenvalue weighted by molar-refractivity contribution is -0.0888. The number of nitrogens with one attached hydrogen (secondary N) is 1. The first-order valence-corrected chi connectivity index (χ1v) is 13.4. The monoisotopic (exact) mass is 517 g/mol. The van der Waals surface area contributed by atoms with E-state index in [-0.39, 0.29) is 23.3 Å². The van der Waals surface area contributed by atoms with Gasteiger partial charge in [-0.25, -0.2) is 13.2 Å². The van der Waals surface area contributed by atoms with Gasteiger partial charge in [-0.3, -0.25) is 9.89 Å². The first kappa shape index (κ1) is 23.6. The number of nitrogens with zero attached hydrogens (tertiary/aromatic N) is 4. The molecule has 2 N–H and O–H groups in total. The molecule has 1 spiro atoms. The van der Waals surface area contributed by atoms with Gasteiger partial charge < -0.3 is 14.9 Å². The number of alkyl halides is 1. The van der Waals surface area contributed by atoms with E-state index < -0.39 is 26.8 Å². The van der Waals surface area contributed by atoms with Crippen molar-refractivity contribution in [3.63, 3.8) is 0 Å². The lowest BCUT2D eigenvalue weighted by atomic mass is 9.62. The van der Waals surface area contributed by atoms with Gasteiger partial charge in [0.25, 0.3) is 5.91 Å². The van der Waals surface area contributed by atoms with E-state index in [1.165, 1.54) is 4.90 Å². The van der Waals surface area contributed by atoms with E-state index in [0.29, 0.717) is 42.6 Å². The zero-order valence-corrected chi connectivity index (χ0v) is 20.5. The van der Waals surface area contributed by atoms with Crippen molar-refractivity contribution in [1.82, 2.24) is 25.2 Å². The molecule has 0 saturated carbocycles. The predicted molar refractivity (Wildman–Crippen MR) is 128 cm³/mol. The molecule has 1 aromatic heterocycles. The van der Waals surface area contributed by atoms with Crippen molar-refractivity contribution in [2.24, 2.45) is 11.3 Å². The number of benzene rings is 2. The molecule has 184 valence electrons. The molecule has 0 aliphatic carbocycles. The third kappa shape index (κ3) is 4.02. The summed E-state index contributed by atoms with van der Waals surface area (Å²) in [4.78, 5) is 28.1. The summed E-state index contributed by atoms with van der Waals surface area (Å²) in [5, 5.41) is 20.1. The molecule has 0 radical (unpaired) electrons. The van der Waals surface area contributed by atoms with E-state index >= 15 is 0 Å². The molecule has 0 bridgehead atoms. The van der Waals surface area contributed by atoms with E-state index in [1.54, 1.807) is 47.4 Å². The van der Waals surface area contributed by atoms with Crippen LogP contribution in [0.3, 0.4) is 0 Å². The highest BCUT2D eigenvalue weighted by molar-refractivity contribution is 7.90. The average Bonchev–Trinajstić information content (AvgIpc) is 3.30. The molecule has 2 aliphatic heterocycles. The number of carbonyl (C=O) groups is 2. The summed E-state index contributed by atoms with van der Waals surface area (Å²) in [7, 11) is -3.47. The smallest absolute Gasteiger partial charge is 0.407 e. The Labute approximate surface area is 206 Å². The number of carboxylic acid groups (broad SMARTS) is 1. The van der Waals surface area contributed by atoms with Crippen molar-refractivity contribution in [2.75, 3.05) is 25.9 Å². The lowest BCUT2D eigenvalue weighted by Gasteiger charge is -2.61. The molecular formula is C23H24ClN5O5S. The van der Waals surface area contributed by atoms with E-state index in [1.807, 2.05) is 0 Å². The summed E-state index contributed by atoms with van der Waals surface area (Å²) < 4.78 is 24.7. The molecule has 3 aromatic rings. The van der Waals surface area contributed by atoms with Crippen LogP contribution in [0.2, 0.25) is 0 Å². The number of aromatic amines is 1. The Morgan fingerprint density at radius 3 is 2.74 bits per heavy atom. The van der Waals surface area contributed by atoms with Gasteiger partial charge in [0.1, 0.15) is 11.0 Å². The van der Waals surface area contributed by atoms with Gasteiger partial charge in [0.05, 0.1) is 10.4 Å². The number of sulfone groups is 1. The summed E-state index contributed by atoms with van der Waals surface area (Å²) >= 11 is 6.90. The Morgan fingerprint density at radius 1 is 1.26 bits per heavy atom. The van der Waals surface area contributed by atoms with Crippen molar-refractivity contribution in [2.45, 2.75) is 23.2 Å². The van der Waals surface area contributed by atoms with Crippen LogP contribution in [0.1, 0.15) is 22.3 Å². The van der Waals surface area contributed by atoms with Crippen LogP contribution in [0.4, 0.5) is 4.79 Å². The number of aromatic nitrogens is 3. The fraction of sp³-hybridized carbons (Fsp3) is 0.391. The minimum Gasteiger partial charge on any atom is -0.465 e. The first-order chi connectivity index (χ1) is 16.6. The lowest BCUT2D eigenvalue weighted by Crippen LogP contribution is -2.70. The maximum Gasteiger partial charge on any atom is 0.407 e. The third-order valence-corrected chi connectivity index (χ3v) is 9.12. The normalized spacial score (nSPS) is 24.5. The molecule has 2 aromatic carbocycles. The number of H-pyrrole nitrogens is 1. The molecule has 35 heavy (non-hydrogen) atoms. The minimum atomic E-state index is -3.47. The van der Waals surface area contributed by atoms with Gasteiger partial charge in [-0.05, 0) is 48.6 Å². The molecule has 2 aliphatic rings. The van der Waals surface area contributed by atoms with Crippen LogP contribution in [-0.4, -0.2) is 82.1 Å². The van der Waals surface area contributed by atoms with Crippen LogP contribution >= 0.6 is 11.6 Å². The maximum atomic E-state index is 13.3. The van der Waals surface area contributed by atoms with Gasteiger partial charge in [0.15, 0.2) is 9.84 Å². The van der Waals surface area contributed by atoms with Gasteiger partial charge in [0, 0.05) is 36.9 Å². The predicted octanol–water partition coefficient (Wildman–Crippen LogP) is 2.61. The number of piperidine rings is 1. The number of halogens is 1. The third-order valence-electron chi connectivity index (χ3n) is 7.26. The summed E-state index contributed by atoms with van der Waals surface area (Å²) in [5.41, 5.74) is 1.16. The van der Waals surface area contributed by atoms with Crippen molar-refractivity contribution in [3.8, 4) is 0 Å². The molecule has 2 amide bonds. The molecule has 2 saturated heterocycles. The van der Waals surface area contributed by atoms with Gasteiger partial charge >= 0.3 is 6.09 Å². The number of hydrogen-bond acceptors (Lipinski definition) is 6. The molecular weight excluding hydrogens is 494 g/mol. The van der Waals surface area contributed by atoms with Crippen molar-refractivity contribution in [3.05, 3.63) is 53.6 Å². The number of hydrogen-bond donors (Lipinski definition) is 2. The topological polar surface area (TPSA) is 137 Å². The van der Waals surface area contributed by atoms with Gasteiger partial charge in [0.2, 0.25) is 0 Å². The van der Waals surface area contributed by atoms with Crippen LogP contribution in [0.15, 0.2) is 47.4 Å². The Morgan fingerprint density at radius 2 is 2.03 bits per heavy atom. The second-order valence-corrected chi connectivity index (χ2v) is 11.7. The number of rotatable bonds is 4. The first-order valence-electron chi connectivity index (χ1n) is 11.1. The Balaban J connectivity index is 1.43. The SMILES string of the molecule is CS(=O)(=O)c1ccccc1CC1CN(C(=O)O)CCC12CN(C(=O)c1ccc3[nH]nnc3c1)C2Cl. The Hall–Kier alpha value is -3.18. The minimum absolute atomic E-state index is 0.212. The molecule has 12 heteroatoms. The van der Waals surface area contributed by atoms with Crippen LogP contribution in [0.5, 0.6) is 0 Å². The van der Waals surface area contributed by atoms with Crippen molar-refractivity contribution < 1.29 is 23.1 Å². The zero-order valence-electron chi connectivity index (χ0n) is 18.9. The highest BCUT2D eigenvalue weighted by atomic mass is 35.5. The number of likely N-dealkylation sites (tertiary alicyclic amines) is 2. The highest BCUT2D eigenvalue weighted by Crippen LogP contribution is 2.53. The van der Waals surface area contributed by atoms with Crippen LogP contribution in [0.25, 0.3) is 11.0 Å². The standard InChI is InChI=1S/C23H24ClN5O5S/c1-35(33,34)19-5-3-2-4-14(19)10-16-12-28(22(31)32)9-8-23(16)13-29(21(23)24)20(30)15-6-7-17-18(11-15)26-27-25-17/h2-7,11,16,21H,8-10,12-13H2,1H3,(H,31,32)(H,25,26,27). The van der Waals surface area contributed by atoms with E-state index in [4.69, 9.17) is 11.6 Å². The molecule has 3 unspecified atom stereocenters. The molecule has 3 atom stereocenters. The van der Waals surface area contributed by atoms with Crippen LogP contribution in [0, 0.1) is 11.3 Å². The largest absolute Gasteiger partial charge is 0.465 e. The summed E-state index contributed by atoms with van der Waals surface area (Å²) in [6.07, 6.45) is 0.945. The second-order valence-electron chi connectivity index (χ2n) is 9.31. The zero-order chi connectivity index (χ0) is 25.0. The highest BCUT2D eigenvalue weighted by Gasteiger charge is 2.59. The van der Waals surface area contributed by atoms with Crippen LogP contribution < -0.4 is 0 Å². The number of carbonyl (C=O) groups excluding carboxylic acids is 1. The summed E-state index contributed by atoms with van der Waals surface area (Å²) in [6, 6.07) is 11.8. The molecule has 5 rings (SSSR count). The Bertz CT molecular complexity index is 1430. The quantitative estimate of drug-likeness (QED) is 0.401. The van der Waals surface area contributed by atoms with Gasteiger partial charge in [-0.2, -0.15) is 0 Å². The van der Waals surface area contributed by atoms with E-state index in [2.05, 4.69) is 15.4 Å². The van der Waals surface area contributed by atoms with E-state index in [9.17, 15) is 23.1 Å². The fourth-order valence-corrected chi connectivity index (χ4v) is 6.80. The molecule has 2 fully saturated rings. The average molecular weight is 518 g/mol. The maximum absolute atomic E-state index is 13.3. The van der Waals surface area contributed by atoms with E-state index in [0.717, 1.165) is 11.8 Å². The fourth-order valence-electron chi connectivity index (χ4n) is 5.34. The van der Waals surface area contributed by atoms with Gasteiger partial charge in [-0.15, -0.1) is 5.10 Å². The molecule has 10 nitrogen and oxygen atoms in total. The van der Waals surface area contributed by atoms with Crippen molar-refractivity contribution in [1.29, 1.82) is 0 Å². The van der Waals surface area contributed by atoms with Crippen LogP contribution in [-0.2, 0) is 16.3 Å². The van der Waals surface area contributed by atoms with Gasteiger partial charge in [-0.1, -0.05) is 35.0 Å². The summed E-state index contributed by atoms with van der Waals surface area (Å²) in [6.45, 7) is 0.870. The second kappa shape index (κ2) is 8.49. The molecule has 3 heterocycles. The van der Waals surface area contributed by atoms with Crippen molar-refractivity contribution >= 4 is 44.5 Å². The summed E-state index contributed by atoms with van der Waals surface area (Å²) in [5.74, 6) is -0.503.